The molecule has 6 heteroatoms. The van der Waals surface area contributed by atoms with Gasteiger partial charge in [-0.15, -0.1) is 5.10 Å². The van der Waals surface area contributed by atoms with Crippen molar-refractivity contribution >= 4 is 11.8 Å². The van der Waals surface area contributed by atoms with Crippen molar-refractivity contribution in [2.45, 2.75) is 52.2 Å². The van der Waals surface area contributed by atoms with E-state index in [4.69, 9.17) is 4.74 Å². The molecule has 0 aliphatic carbocycles. The van der Waals surface area contributed by atoms with Gasteiger partial charge in [-0.2, -0.15) is 5.01 Å². The second kappa shape index (κ2) is 8.72. The van der Waals surface area contributed by atoms with Gasteiger partial charge in [0.1, 0.15) is 11.6 Å². The second-order valence-corrected chi connectivity index (χ2v) is 7.54. The van der Waals surface area contributed by atoms with Crippen molar-refractivity contribution in [2.75, 3.05) is 0 Å². The van der Waals surface area contributed by atoms with Crippen LogP contribution in [0.15, 0.2) is 53.6 Å². The number of unbranched alkanes of at least 4 members (excludes halogenated alkanes) is 2. The highest BCUT2D eigenvalue weighted by atomic mass is 19.1. The Kier molecular flexibility index (Phi) is 6.30. The zero-order valence-corrected chi connectivity index (χ0v) is 17.0. The summed E-state index contributed by atoms with van der Waals surface area (Å²) >= 11 is 0. The van der Waals surface area contributed by atoms with E-state index in [1.165, 1.54) is 5.01 Å². The smallest absolute Gasteiger partial charge is 0.249 e. The normalized spacial score (nSPS) is 18.7. The number of carbonyl (C=O) groups is 1. The van der Waals surface area contributed by atoms with Crippen LogP contribution in [-0.2, 0) is 15.3 Å². The number of halogens is 2. The third-order valence-corrected chi connectivity index (χ3v) is 5.00. The molecule has 1 aliphatic rings. The van der Waals surface area contributed by atoms with E-state index < -0.39 is 17.4 Å². The molecule has 0 aromatic heterocycles. The largest absolute Gasteiger partial charge is 0.443 e. The van der Waals surface area contributed by atoms with Crippen LogP contribution in [-0.4, -0.2) is 16.8 Å². The van der Waals surface area contributed by atoms with Gasteiger partial charge in [0.15, 0.2) is 0 Å². The van der Waals surface area contributed by atoms with E-state index in [0.717, 1.165) is 43.0 Å². The maximum absolute atomic E-state index is 14.4. The molecule has 0 saturated heterocycles. The van der Waals surface area contributed by atoms with Crippen molar-refractivity contribution in [3.05, 3.63) is 71.3 Å². The van der Waals surface area contributed by atoms with Gasteiger partial charge in [0.05, 0.1) is 5.56 Å². The zero-order valence-electron chi connectivity index (χ0n) is 17.0. The van der Waals surface area contributed by atoms with Crippen LogP contribution in [0.1, 0.15) is 57.6 Å². The summed E-state index contributed by atoms with van der Waals surface area (Å²) in [6.07, 6.45) is 3.23. The van der Waals surface area contributed by atoms with Crippen LogP contribution in [0.4, 0.5) is 8.78 Å². The molecular formula is C23H26F2N2O2. The topological polar surface area (TPSA) is 41.9 Å². The van der Waals surface area contributed by atoms with E-state index in [2.05, 4.69) is 12.0 Å². The van der Waals surface area contributed by atoms with Crippen molar-refractivity contribution in [3.8, 4) is 0 Å². The maximum atomic E-state index is 14.4. The first kappa shape index (κ1) is 21.0. The van der Waals surface area contributed by atoms with Gasteiger partial charge in [-0.3, -0.25) is 4.79 Å². The molecule has 2 aromatic carbocycles. The minimum Gasteiger partial charge on any atom is -0.443 e. The van der Waals surface area contributed by atoms with Crippen molar-refractivity contribution in [1.82, 2.24) is 5.01 Å². The molecule has 0 spiro atoms. The standard InChI is InChI=1S/C23H26F2N2O2/c1-4-5-9-14-23(17-10-7-6-8-11-17)27(22(28)16(2)3)26-21(29-23)19-15-18(24)12-13-20(19)25/h6-8,10-13,15-16H,4-5,9,14H2,1-3H3. The molecule has 0 saturated carbocycles. The molecule has 0 N–H and O–H groups in total. The monoisotopic (exact) mass is 400 g/mol. The van der Waals surface area contributed by atoms with Crippen LogP contribution in [0.25, 0.3) is 0 Å². The Balaban J connectivity index is 2.12. The molecule has 1 amide bonds. The van der Waals surface area contributed by atoms with Crippen molar-refractivity contribution < 1.29 is 18.3 Å². The Morgan fingerprint density at radius 2 is 1.86 bits per heavy atom. The Morgan fingerprint density at radius 1 is 1.14 bits per heavy atom. The second-order valence-electron chi connectivity index (χ2n) is 7.54. The highest BCUT2D eigenvalue weighted by Gasteiger charge is 2.50. The van der Waals surface area contributed by atoms with Crippen LogP contribution in [0.5, 0.6) is 0 Å². The first-order valence-electron chi connectivity index (χ1n) is 10.0. The molecular weight excluding hydrogens is 374 g/mol. The predicted molar refractivity (Wildman–Crippen MR) is 108 cm³/mol. The Hall–Kier alpha value is -2.76. The number of amides is 1. The van der Waals surface area contributed by atoms with Gasteiger partial charge in [-0.05, 0) is 24.6 Å². The van der Waals surface area contributed by atoms with E-state index >= 15 is 0 Å². The van der Waals surface area contributed by atoms with Crippen molar-refractivity contribution in [1.29, 1.82) is 0 Å². The number of hydrazone groups is 1. The lowest BCUT2D eigenvalue weighted by molar-refractivity contribution is -0.156. The summed E-state index contributed by atoms with van der Waals surface area (Å²) in [5, 5.41) is 5.68. The molecule has 2 aromatic rings. The third-order valence-electron chi connectivity index (χ3n) is 5.00. The Morgan fingerprint density at radius 3 is 2.52 bits per heavy atom. The fourth-order valence-electron chi connectivity index (χ4n) is 3.43. The predicted octanol–water partition coefficient (Wildman–Crippen LogP) is 5.57. The van der Waals surface area contributed by atoms with Gasteiger partial charge < -0.3 is 4.74 Å². The molecule has 29 heavy (non-hydrogen) atoms. The van der Waals surface area contributed by atoms with Gasteiger partial charge in [-0.1, -0.05) is 63.9 Å². The minimum atomic E-state index is -1.19. The quantitative estimate of drug-likeness (QED) is 0.570. The number of ether oxygens (including phenoxy) is 1. The number of nitrogens with zero attached hydrogens (tertiary/aromatic N) is 2. The SMILES string of the molecule is CCCCCC1(c2ccccc2)OC(c2cc(F)ccc2F)=NN1C(=O)C(C)C. The number of hydrogen-bond acceptors (Lipinski definition) is 3. The summed E-state index contributed by atoms with van der Waals surface area (Å²) in [5.41, 5.74) is -0.535. The molecule has 1 heterocycles. The number of benzene rings is 2. The van der Waals surface area contributed by atoms with Crippen LogP contribution >= 0.6 is 0 Å². The molecule has 0 radical (unpaired) electrons. The molecule has 1 aliphatic heterocycles. The van der Waals surface area contributed by atoms with Crippen LogP contribution in [0, 0.1) is 17.6 Å². The lowest BCUT2D eigenvalue weighted by Gasteiger charge is -2.36. The van der Waals surface area contributed by atoms with Gasteiger partial charge in [0.25, 0.3) is 0 Å². The van der Waals surface area contributed by atoms with E-state index in [0.29, 0.717) is 6.42 Å². The van der Waals surface area contributed by atoms with Gasteiger partial charge in [0, 0.05) is 17.9 Å². The lowest BCUT2D eigenvalue weighted by atomic mass is 9.94. The molecule has 154 valence electrons. The van der Waals surface area contributed by atoms with Crippen LogP contribution in [0.3, 0.4) is 0 Å². The van der Waals surface area contributed by atoms with Crippen LogP contribution in [0.2, 0.25) is 0 Å². The summed E-state index contributed by atoms with van der Waals surface area (Å²) in [6.45, 7) is 5.65. The zero-order chi connectivity index (χ0) is 21.0. The minimum absolute atomic E-state index is 0.0867. The molecule has 0 fully saturated rings. The molecule has 1 atom stereocenters. The van der Waals surface area contributed by atoms with Crippen molar-refractivity contribution in [2.24, 2.45) is 11.0 Å². The average Bonchev–Trinajstić information content (AvgIpc) is 3.10. The summed E-state index contributed by atoms with van der Waals surface area (Å²) in [7, 11) is 0. The molecule has 0 bridgehead atoms. The first-order chi connectivity index (χ1) is 13.9. The number of rotatable bonds is 7. The third kappa shape index (κ3) is 4.16. The summed E-state index contributed by atoms with van der Waals surface area (Å²) in [5.74, 6) is -1.92. The first-order valence-corrected chi connectivity index (χ1v) is 10.0. The number of carbonyl (C=O) groups excluding carboxylic acids is 1. The molecule has 1 unspecified atom stereocenters. The average molecular weight is 400 g/mol. The Labute approximate surface area is 170 Å². The summed E-state index contributed by atoms with van der Waals surface area (Å²) < 4.78 is 34.5. The van der Waals surface area contributed by atoms with Gasteiger partial charge in [-0.25, -0.2) is 8.78 Å². The van der Waals surface area contributed by atoms with E-state index in [1.54, 1.807) is 13.8 Å². The summed E-state index contributed by atoms with van der Waals surface area (Å²) in [6, 6.07) is 12.4. The van der Waals surface area contributed by atoms with Crippen molar-refractivity contribution in [3.63, 3.8) is 0 Å². The van der Waals surface area contributed by atoms with E-state index in [9.17, 15) is 13.6 Å². The maximum Gasteiger partial charge on any atom is 0.249 e. The fraction of sp³-hybridized carbons (Fsp3) is 0.391. The highest BCUT2D eigenvalue weighted by molar-refractivity contribution is 5.97. The molecule has 4 nitrogen and oxygen atoms in total. The van der Waals surface area contributed by atoms with Gasteiger partial charge in [0.2, 0.25) is 17.5 Å². The number of hydrogen-bond donors (Lipinski definition) is 0. The fourth-order valence-corrected chi connectivity index (χ4v) is 3.43. The Bertz CT molecular complexity index is 899. The van der Waals surface area contributed by atoms with Crippen LogP contribution < -0.4 is 0 Å². The van der Waals surface area contributed by atoms with E-state index in [-0.39, 0.29) is 23.3 Å². The highest BCUT2D eigenvalue weighted by Crippen LogP contribution is 2.42. The van der Waals surface area contributed by atoms with Gasteiger partial charge >= 0.3 is 0 Å². The molecule has 3 rings (SSSR count). The lowest BCUT2D eigenvalue weighted by Crippen LogP contribution is -2.46. The van der Waals surface area contributed by atoms with E-state index in [1.807, 2.05) is 30.3 Å². The summed E-state index contributed by atoms with van der Waals surface area (Å²) in [4.78, 5) is 13.1.